The predicted molar refractivity (Wildman–Crippen MR) is 145 cm³/mol. The molecular formula is C30H32N2O7. The number of carbonyl (C=O) groups is 1. The Morgan fingerprint density at radius 1 is 0.974 bits per heavy atom. The third-order valence-corrected chi connectivity index (χ3v) is 6.08. The second-order valence-electron chi connectivity index (χ2n) is 9.10. The Bertz CT molecular complexity index is 1340. The highest BCUT2D eigenvalue weighted by Crippen LogP contribution is 2.27. The van der Waals surface area contributed by atoms with Gasteiger partial charge in [-0.25, -0.2) is 9.88 Å². The minimum Gasteiger partial charge on any atom is -0.497 e. The number of carboxylic acid groups (broad SMARTS) is 1. The number of benzene rings is 3. The molecule has 9 nitrogen and oxygen atoms in total. The second kappa shape index (κ2) is 12.9. The van der Waals surface area contributed by atoms with E-state index in [-0.39, 0.29) is 12.5 Å². The van der Waals surface area contributed by atoms with Gasteiger partial charge in [0.15, 0.2) is 0 Å². The number of aliphatic carboxylic acids is 1. The molecule has 3 aromatic carbocycles. The molecule has 0 aliphatic carbocycles. The number of methoxy groups -OCH3 is 1. The maximum absolute atomic E-state index is 11.4. The Hall–Kier alpha value is -4.34. The molecule has 2 atom stereocenters. The van der Waals surface area contributed by atoms with E-state index in [0.29, 0.717) is 29.7 Å². The largest absolute Gasteiger partial charge is 0.497 e. The van der Waals surface area contributed by atoms with E-state index < -0.39 is 18.9 Å². The van der Waals surface area contributed by atoms with Gasteiger partial charge in [-0.15, -0.1) is 0 Å². The average Bonchev–Trinajstić information content (AvgIpc) is 3.34. The summed E-state index contributed by atoms with van der Waals surface area (Å²) >= 11 is 0. The van der Waals surface area contributed by atoms with E-state index in [1.165, 1.54) is 4.90 Å². The average molecular weight is 533 g/mol. The molecule has 39 heavy (non-hydrogen) atoms. The summed E-state index contributed by atoms with van der Waals surface area (Å²) in [6, 6.07) is 23.7. The van der Waals surface area contributed by atoms with Crippen LogP contribution >= 0.6 is 0 Å². The van der Waals surface area contributed by atoms with Crippen LogP contribution in [0.25, 0.3) is 11.5 Å². The van der Waals surface area contributed by atoms with Gasteiger partial charge in [0.1, 0.15) is 29.6 Å². The number of nitrogens with zero attached hydrogens (tertiary/aromatic N) is 2. The number of aliphatic hydroxyl groups is 1. The summed E-state index contributed by atoms with van der Waals surface area (Å²) in [4.78, 5) is 17.4. The third kappa shape index (κ3) is 7.59. The molecular weight excluding hydrogens is 500 g/mol. The van der Waals surface area contributed by atoms with Crippen molar-refractivity contribution in [2.75, 3.05) is 20.3 Å². The smallest absolute Gasteiger partial charge is 0.317 e. The highest BCUT2D eigenvalue weighted by atomic mass is 16.6. The maximum atomic E-state index is 11.4. The first-order valence-electron chi connectivity index (χ1n) is 12.5. The predicted octanol–water partition coefficient (Wildman–Crippen LogP) is 5.08. The van der Waals surface area contributed by atoms with Crippen molar-refractivity contribution in [2.45, 2.75) is 32.7 Å². The van der Waals surface area contributed by atoms with Crippen LogP contribution in [0.4, 0.5) is 0 Å². The van der Waals surface area contributed by atoms with Gasteiger partial charge in [-0.3, -0.25) is 4.79 Å². The fourth-order valence-corrected chi connectivity index (χ4v) is 4.03. The van der Waals surface area contributed by atoms with Crippen LogP contribution < -0.4 is 14.2 Å². The van der Waals surface area contributed by atoms with Gasteiger partial charge >= 0.3 is 5.97 Å². The molecule has 0 spiro atoms. The zero-order valence-corrected chi connectivity index (χ0v) is 22.1. The topological polar surface area (TPSA) is 114 Å². The molecule has 4 rings (SSSR count). The van der Waals surface area contributed by atoms with Crippen molar-refractivity contribution < 1.29 is 33.6 Å². The quantitative estimate of drug-likeness (QED) is 0.227. The van der Waals surface area contributed by atoms with Gasteiger partial charge in [0.2, 0.25) is 5.89 Å². The summed E-state index contributed by atoms with van der Waals surface area (Å²) < 4.78 is 22.5. The van der Waals surface area contributed by atoms with Crippen molar-refractivity contribution >= 4 is 5.97 Å². The number of carboxylic acids is 1. The molecule has 0 saturated heterocycles. The number of aromatic nitrogens is 1. The molecule has 0 aliphatic rings. The zero-order chi connectivity index (χ0) is 27.8. The van der Waals surface area contributed by atoms with E-state index in [2.05, 4.69) is 4.98 Å². The molecule has 0 fully saturated rings. The molecule has 0 radical (unpaired) electrons. The van der Waals surface area contributed by atoms with Crippen molar-refractivity contribution in [3.8, 4) is 28.7 Å². The zero-order valence-electron chi connectivity index (χ0n) is 22.1. The third-order valence-electron chi connectivity index (χ3n) is 6.08. The molecule has 0 aliphatic heterocycles. The van der Waals surface area contributed by atoms with Crippen molar-refractivity contribution in [2.24, 2.45) is 0 Å². The lowest BCUT2D eigenvalue weighted by Crippen LogP contribution is -2.42. The van der Waals surface area contributed by atoms with Crippen LogP contribution in [-0.2, 0) is 11.3 Å². The summed E-state index contributed by atoms with van der Waals surface area (Å²) in [5.41, 5.74) is 2.56. The standard InChI is InChI=1S/C30H32N2O7/c1-20(28-21(2)38-29(31-28)23-7-5-4-6-8-23)19-37-25-11-9-22(10-12-25)17-32(18-27(33)34)30(35)39-26-15-13-24(36-3)14-16-26/h4-16,20,30,35H,17-19H2,1-3H3,(H,33,34). The Morgan fingerprint density at radius 2 is 1.62 bits per heavy atom. The Kier molecular flexibility index (Phi) is 9.19. The number of ether oxygens (including phenoxy) is 3. The van der Waals surface area contributed by atoms with Gasteiger partial charge in [-0.2, -0.15) is 0 Å². The Labute approximate surface area is 227 Å². The Morgan fingerprint density at radius 3 is 2.26 bits per heavy atom. The summed E-state index contributed by atoms with van der Waals surface area (Å²) in [7, 11) is 1.55. The van der Waals surface area contributed by atoms with Gasteiger partial charge < -0.3 is 28.8 Å². The monoisotopic (exact) mass is 532 g/mol. The SMILES string of the molecule is COc1ccc(OC(O)N(CC(=O)O)Cc2ccc(OCC(C)c3nc(-c4ccccc4)oc3C)cc2)cc1. The van der Waals surface area contributed by atoms with Gasteiger partial charge in [0.05, 0.1) is 19.4 Å². The Balaban J connectivity index is 1.34. The van der Waals surface area contributed by atoms with Crippen LogP contribution in [0.2, 0.25) is 0 Å². The van der Waals surface area contributed by atoms with E-state index in [9.17, 15) is 15.0 Å². The number of rotatable bonds is 13. The summed E-state index contributed by atoms with van der Waals surface area (Å²) in [6.45, 7) is 4.08. The van der Waals surface area contributed by atoms with E-state index in [0.717, 1.165) is 22.6 Å². The molecule has 1 heterocycles. The van der Waals surface area contributed by atoms with Gasteiger partial charge in [0, 0.05) is 18.0 Å². The van der Waals surface area contributed by atoms with Crippen LogP contribution in [0.5, 0.6) is 17.2 Å². The molecule has 0 bridgehead atoms. The van der Waals surface area contributed by atoms with Crippen LogP contribution in [0, 0.1) is 6.92 Å². The molecule has 0 amide bonds. The van der Waals surface area contributed by atoms with Gasteiger partial charge in [-0.05, 0) is 61.0 Å². The highest BCUT2D eigenvalue weighted by Gasteiger charge is 2.21. The minimum absolute atomic E-state index is 0.00203. The first-order chi connectivity index (χ1) is 18.8. The minimum atomic E-state index is -1.46. The fraction of sp³-hybridized carbons (Fsp3) is 0.267. The number of oxazole rings is 1. The lowest BCUT2D eigenvalue weighted by Gasteiger charge is -2.26. The van der Waals surface area contributed by atoms with E-state index in [1.807, 2.05) is 68.4 Å². The van der Waals surface area contributed by atoms with Crippen LogP contribution in [0.15, 0.2) is 83.3 Å². The molecule has 4 aromatic rings. The summed E-state index contributed by atoms with van der Waals surface area (Å²) in [5, 5.41) is 19.9. The molecule has 2 N–H and O–H groups in total. The first-order valence-corrected chi connectivity index (χ1v) is 12.5. The second-order valence-corrected chi connectivity index (χ2v) is 9.10. The lowest BCUT2D eigenvalue weighted by atomic mass is 10.1. The summed E-state index contributed by atoms with van der Waals surface area (Å²) in [6.07, 6.45) is -1.46. The van der Waals surface area contributed by atoms with Crippen LogP contribution in [0.3, 0.4) is 0 Å². The fourth-order valence-electron chi connectivity index (χ4n) is 4.03. The lowest BCUT2D eigenvalue weighted by molar-refractivity contribution is -0.161. The number of aryl methyl sites for hydroxylation is 1. The molecule has 9 heteroatoms. The number of hydrogen-bond acceptors (Lipinski definition) is 8. The maximum Gasteiger partial charge on any atom is 0.317 e. The van der Waals surface area contributed by atoms with E-state index in [1.54, 1.807) is 31.4 Å². The molecule has 0 saturated carbocycles. The van der Waals surface area contributed by atoms with Crippen molar-refractivity contribution in [3.05, 3.63) is 95.9 Å². The van der Waals surface area contributed by atoms with Crippen LogP contribution in [-0.4, -0.2) is 52.7 Å². The highest BCUT2D eigenvalue weighted by molar-refractivity contribution is 5.69. The number of aliphatic hydroxyl groups excluding tert-OH is 1. The number of hydrogen-bond donors (Lipinski definition) is 2. The van der Waals surface area contributed by atoms with Crippen molar-refractivity contribution in [3.63, 3.8) is 0 Å². The molecule has 204 valence electrons. The first kappa shape index (κ1) is 27.7. The molecule has 2 unspecified atom stereocenters. The van der Waals surface area contributed by atoms with Gasteiger partial charge in [-0.1, -0.05) is 37.3 Å². The van der Waals surface area contributed by atoms with Crippen molar-refractivity contribution in [1.82, 2.24) is 9.88 Å². The summed E-state index contributed by atoms with van der Waals surface area (Å²) in [5.74, 6) is 1.95. The van der Waals surface area contributed by atoms with Crippen molar-refractivity contribution in [1.29, 1.82) is 0 Å². The van der Waals surface area contributed by atoms with E-state index in [4.69, 9.17) is 18.6 Å². The van der Waals surface area contributed by atoms with E-state index >= 15 is 0 Å². The normalized spacial score (nSPS) is 12.6. The van der Waals surface area contributed by atoms with Gasteiger partial charge in [0.25, 0.3) is 6.41 Å². The van der Waals surface area contributed by atoms with Crippen LogP contribution in [0.1, 0.15) is 29.9 Å². The molecule has 1 aromatic heterocycles.